The van der Waals surface area contributed by atoms with Crippen LogP contribution in [0.4, 0.5) is 0 Å². The van der Waals surface area contributed by atoms with Gasteiger partial charge in [0.05, 0.1) is 5.56 Å². The minimum Gasteiger partial charge on any atom is -0.478 e. The second-order valence-electron chi connectivity index (χ2n) is 4.42. The molecule has 0 aliphatic heterocycles. The molecule has 0 atom stereocenters. The predicted molar refractivity (Wildman–Crippen MR) is 75.3 cm³/mol. The molecule has 0 aliphatic rings. The average molecular weight is 255 g/mol. The third-order valence-electron chi connectivity index (χ3n) is 2.94. The van der Waals surface area contributed by atoms with Crippen molar-refractivity contribution in [3.05, 3.63) is 71.3 Å². The molecule has 0 saturated heterocycles. The van der Waals surface area contributed by atoms with Crippen molar-refractivity contribution in [3.63, 3.8) is 0 Å². The number of rotatable bonds is 6. The van der Waals surface area contributed by atoms with Gasteiger partial charge < -0.3 is 10.4 Å². The van der Waals surface area contributed by atoms with Crippen molar-refractivity contribution in [2.45, 2.75) is 13.0 Å². The molecule has 3 nitrogen and oxygen atoms in total. The normalized spacial score (nSPS) is 10.3. The van der Waals surface area contributed by atoms with Gasteiger partial charge in [-0.15, -0.1) is 0 Å². The first-order valence-corrected chi connectivity index (χ1v) is 6.32. The fraction of sp³-hybridized carbons (Fsp3) is 0.188. The molecule has 3 heteroatoms. The molecule has 2 aromatic rings. The molecule has 2 rings (SSSR count). The molecule has 19 heavy (non-hydrogen) atoms. The van der Waals surface area contributed by atoms with Gasteiger partial charge in [0, 0.05) is 6.54 Å². The molecule has 0 aromatic heterocycles. The Labute approximate surface area is 112 Å². The number of hydrogen-bond donors (Lipinski definition) is 2. The summed E-state index contributed by atoms with van der Waals surface area (Å²) in [6, 6.07) is 17.3. The summed E-state index contributed by atoms with van der Waals surface area (Å²) in [6.45, 7) is 1.66. The summed E-state index contributed by atoms with van der Waals surface area (Å²) >= 11 is 0. The van der Waals surface area contributed by atoms with Gasteiger partial charge in [-0.3, -0.25) is 0 Å². The van der Waals surface area contributed by atoms with Crippen molar-refractivity contribution >= 4 is 5.97 Å². The molecule has 2 N–H and O–H groups in total. The van der Waals surface area contributed by atoms with Crippen molar-refractivity contribution < 1.29 is 9.90 Å². The zero-order valence-corrected chi connectivity index (χ0v) is 10.7. The zero-order chi connectivity index (χ0) is 13.5. The van der Waals surface area contributed by atoms with Crippen molar-refractivity contribution in [1.82, 2.24) is 5.32 Å². The lowest BCUT2D eigenvalue weighted by Crippen LogP contribution is -2.16. The summed E-state index contributed by atoms with van der Waals surface area (Å²) in [6.07, 6.45) is 0.827. The fourth-order valence-electron chi connectivity index (χ4n) is 1.92. The number of aromatic carboxylic acids is 1. The molecule has 2 aromatic carbocycles. The molecule has 0 spiro atoms. The Morgan fingerprint density at radius 3 is 2.47 bits per heavy atom. The first kappa shape index (κ1) is 13.3. The van der Waals surface area contributed by atoms with Crippen LogP contribution >= 0.6 is 0 Å². The summed E-state index contributed by atoms with van der Waals surface area (Å²) in [4.78, 5) is 10.9. The monoisotopic (exact) mass is 255 g/mol. The van der Waals surface area contributed by atoms with Gasteiger partial charge in [0.1, 0.15) is 0 Å². The minimum atomic E-state index is -0.876. The number of carboxylic acids is 1. The maximum absolute atomic E-state index is 10.9. The van der Waals surface area contributed by atoms with E-state index in [9.17, 15) is 4.79 Å². The van der Waals surface area contributed by atoms with Crippen LogP contribution in [0.25, 0.3) is 0 Å². The summed E-state index contributed by atoms with van der Waals surface area (Å²) in [5.74, 6) is -0.876. The van der Waals surface area contributed by atoms with Crippen LogP contribution in [0.3, 0.4) is 0 Å². The number of hydrogen-bond acceptors (Lipinski definition) is 2. The molecule has 0 aliphatic carbocycles. The molecular formula is C16H17NO2. The van der Waals surface area contributed by atoms with Crippen molar-refractivity contribution in [2.75, 3.05) is 6.54 Å². The van der Waals surface area contributed by atoms with Gasteiger partial charge in [0.2, 0.25) is 0 Å². The second kappa shape index (κ2) is 6.71. The number of nitrogens with one attached hydrogen (secondary N) is 1. The molecule has 0 fully saturated rings. The van der Waals surface area contributed by atoms with Gasteiger partial charge in [-0.1, -0.05) is 42.5 Å². The van der Waals surface area contributed by atoms with Crippen LogP contribution in [0.2, 0.25) is 0 Å². The Balaban J connectivity index is 1.80. The maximum atomic E-state index is 10.9. The zero-order valence-electron chi connectivity index (χ0n) is 10.7. The largest absolute Gasteiger partial charge is 0.478 e. The van der Waals surface area contributed by atoms with E-state index in [1.807, 2.05) is 24.3 Å². The Morgan fingerprint density at radius 1 is 1.00 bits per heavy atom. The molecule has 0 unspecified atom stereocenters. The SMILES string of the molecule is O=C(O)c1cccc(CCNCc2ccccc2)c1. The lowest BCUT2D eigenvalue weighted by atomic mass is 10.1. The molecule has 0 saturated carbocycles. The highest BCUT2D eigenvalue weighted by atomic mass is 16.4. The van der Waals surface area contributed by atoms with Crippen LogP contribution in [0.1, 0.15) is 21.5 Å². The average Bonchev–Trinajstić information content (AvgIpc) is 2.45. The number of carbonyl (C=O) groups is 1. The standard InChI is InChI=1S/C16H17NO2/c18-16(19)15-8-4-7-13(11-15)9-10-17-12-14-5-2-1-3-6-14/h1-8,11,17H,9-10,12H2,(H,18,19). The lowest BCUT2D eigenvalue weighted by Gasteiger charge is -2.05. The quantitative estimate of drug-likeness (QED) is 0.780. The van der Waals surface area contributed by atoms with Crippen LogP contribution in [0.5, 0.6) is 0 Å². The van der Waals surface area contributed by atoms with E-state index in [4.69, 9.17) is 5.11 Å². The van der Waals surface area contributed by atoms with Gasteiger partial charge in [-0.2, -0.15) is 0 Å². The third kappa shape index (κ3) is 4.23. The highest BCUT2D eigenvalue weighted by Gasteiger charge is 2.02. The van der Waals surface area contributed by atoms with Crippen LogP contribution in [0.15, 0.2) is 54.6 Å². The van der Waals surface area contributed by atoms with Gasteiger partial charge in [-0.25, -0.2) is 4.79 Å². The Kier molecular flexibility index (Phi) is 4.70. The lowest BCUT2D eigenvalue weighted by molar-refractivity contribution is 0.0697. The van der Waals surface area contributed by atoms with E-state index in [1.54, 1.807) is 18.2 Å². The van der Waals surface area contributed by atoms with Crippen LogP contribution < -0.4 is 5.32 Å². The first-order valence-electron chi connectivity index (χ1n) is 6.32. The third-order valence-corrected chi connectivity index (χ3v) is 2.94. The van der Waals surface area contributed by atoms with E-state index in [-0.39, 0.29) is 0 Å². The Bertz CT molecular complexity index is 537. The number of carboxylic acid groups (broad SMARTS) is 1. The van der Waals surface area contributed by atoms with E-state index in [2.05, 4.69) is 17.4 Å². The van der Waals surface area contributed by atoms with E-state index < -0.39 is 5.97 Å². The fourth-order valence-corrected chi connectivity index (χ4v) is 1.92. The van der Waals surface area contributed by atoms with Crippen LogP contribution in [0, 0.1) is 0 Å². The highest BCUT2D eigenvalue weighted by Crippen LogP contribution is 2.06. The molecule has 0 bridgehead atoms. The van der Waals surface area contributed by atoms with Crippen LogP contribution in [-0.4, -0.2) is 17.6 Å². The molecule has 0 heterocycles. The van der Waals surface area contributed by atoms with E-state index in [0.717, 1.165) is 25.1 Å². The van der Waals surface area contributed by atoms with Gasteiger partial charge in [0.15, 0.2) is 0 Å². The summed E-state index contributed by atoms with van der Waals surface area (Å²) in [7, 11) is 0. The summed E-state index contributed by atoms with van der Waals surface area (Å²) in [5, 5.41) is 12.3. The Hall–Kier alpha value is -2.13. The van der Waals surface area contributed by atoms with Gasteiger partial charge in [-0.05, 0) is 36.2 Å². The van der Waals surface area contributed by atoms with E-state index in [1.165, 1.54) is 5.56 Å². The summed E-state index contributed by atoms with van der Waals surface area (Å²) in [5.41, 5.74) is 2.64. The Morgan fingerprint density at radius 2 is 1.74 bits per heavy atom. The topological polar surface area (TPSA) is 49.3 Å². The van der Waals surface area contributed by atoms with Gasteiger partial charge in [0.25, 0.3) is 0 Å². The first-order chi connectivity index (χ1) is 9.25. The highest BCUT2D eigenvalue weighted by molar-refractivity contribution is 5.87. The van der Waals surface area contributed by atoms with E-state index in [0.29, 0.717) is 5.56 Å². The van der Waals surface area contributed by atoms with Crippen LogP contribution in [-0.2, 0) is 13.0 Å². The van der Waals surface area contributed by atoms with Crippen molar-refractivity contribution in [2.24, 2.45) is 0 Å². The molecule has 98 valence electrons. The second-order valence-corrected chi connectivity index (χ2v) is 4.42. The molecular weight excluding hydrogens is 238 g/mol. The van der Waals surface area contributed by atoms with E-state index >= 15 is 0 Å². The van der Waals surface area contributed by atoms with Crippen molar-refractivity contribution in [3.8, 4) is 0 Å². The predicted octanol–water partition coefficient (Wildman–Crippen LogP) is 2.72. The molecule has 0 radical (unpaired) electrons. The van der Waals surface area contributed by atoms with Gasteiger partial charge >= 0.3 is 5.97 Å². The maximum Gasteiger partial charge on any atom is 0.335 e. The molecule has 0 amide bonds. The minimum absolute atomic E-state index is 0.348. The summed E-state index contributed by atoms with van der Waals surface area (Å²) < 4.78 is 0. The smallest absolute Gasteiger partial charge is 0.335 e. The van der Waals surface area contributed by atoms with Crippen molar-refractivity contribution in [1.29, 1.82) is 0 Å². The number of benzene rings is 2.